The molecule has 0 bridgehead atoms. The lowest BCUT2D eigenvalue weighted by Gasteiger charge is -2.06. The van der Waals surface area contributed by atoms with Crippen molar-refractivity contribution >= 4 is 32.4 Å². The van der Waals surface area contributed by atoms with Gasteiger partial charge in [0.2, 0.25) is 0 Å². The molecule has 2 aromatic rings. The van der Waals surface area contributed by atoms with E-state index in [0.717, 1.165) is 11.3 Å². The largest absolute Gasteiger partial charge is 0.351 e. The van der Waals surface area contributed by atoms with Gasteiger partial charge in [0.1, 0.15) is 4.88 Å². The monoisotopic (exact) mass is 353 g/mol. The summed E-state index contributed by atoms with van der Waals surface area (Å²) in [5, 5.41) is 2.98. The van der Waals surface area contributed by atoms with E-state index >= 15 is 0 Å². The van der Waals surface area contributed by atoms with Gasteiger partial charge < -0.3 is 5.32 Å². The molecule has 23 heavy (non-hydrogen) atoms. The third kappa shape index (κ3) is 4.52. The van der Waals surface area contributed by atoms with Crippen molar-refractivity contribution < 1.29 is 13.2 Å². The summed E-state index contributed by atoms with van der Waals surface area (Å²) >= 11 is 1.03. The number of rotatable bonds is 6. The van der Waals surface area contributed by atoms with E-state index in [9.17, 15) is 13.2 Å². The molecule has 1 amide bonds. The highest BCUT2D eigenvalue weighted by Gasteiger charge is 2.20. The van der Waals surface area contributed by atoms with Crippen molar-refractivity contribution in [2.45, 2.75) is 25.7 Å². The van der Waals surface area contributed by atoms with Gasteiger partial charge >= 0.3 is 0 Å². The van der Waals surface area contributed by atoms with Crippen LogP contribution >= 0.6 is 11.3 Å². The Hall–Kier alpha value is -1.93. The first-order chi connectivity index (χ1) is 10.8. The molecule has 0 spiro atoms. The zero-order valence-corrected chi connectivity index (χ0v) is 14.8. The molecule has 0 unspecified atom stereocenters. The standard InChI is InChI=1S/C15H19N3O3S2/c1-10(2)9-16-14(19)13-11(3)17-15(22-13)18-23(20,21)12-7-5-4-6-8-12/h4-8,10H,9H2,1-3H3,(H,16,19)(H,17,18). The molecular formula is C15H19N3O3S2. The van der Waals surface area contributed by atoms with Gasteiger partial charge in [0.05, 0.1) is 10.6 Å². The zero-order valence-electron chi connectivity index (χ0n) is 13.2. The molecule has 6 nitrogen and oxygen atoms in total. The van der Waals surface area contributed by atoms with Gasteiger partial charge in [-0.2, -0.15) is 0 Å². The number of sulfonamides is 1. The Kier molecular flexibility index (Phi) is 5.38. The lowest BCUT2D eigenvalue weighted by molar-refractivity contribution is 0.0952. The predicted octanol–water partition coefficient (Wildman–Crippen LogP) is 2.64. The average Bonchev–Trinajstić information content (AvgIpc) is 2.85. The number of amides is 1. The Morgan fingerprint density at radius 3 is 2.52 bits per heavy atom. The molecule has 1 aromatic heterocycles. The van der Waals surface area contributed by atoms with Gasteiger partial charge in [-0.3, -0.25) is 9.52 Å². The van der Waals surface area contributed by atoms with Gasteiger partial charge in [-0.1, -0.05) is 43.4 Å². The van der Waals surface area contributed by atoms with Crippen molar-refractivity contribution in [3.8, 4) is 0 Å². The van der Waals surface area contributed by atoms with Crippen LogP contribution in [-0.4, -0.2) is 25.9 Å². The summed E-state index contributed by atoms with van der Waals surface area (Å²) in [7, 11) is -3.70. The molecular weight excluding hydrogens is 334 g/mol. The molecule has 0 aliphatic heterocycles. The minimum absolute atomic E-state index is 0.152. The van der Waals surface area contributed by atoms with Crippen LogP contribution in [0.5, 0.6) is 0 Å². The SMILES string of the molecule is Cc1nc(NS(=O)(=O)c2ccccc2)sc1C(=O)NCC(C)C. The van der Waals surface area contributed by atoms with Crippen LogP contribution in [0.4, 0.5) is 5.13 Å². The molecule has 1 aromatic carbocycles. The molecule has 0 atom stereocenters. The highest BCUT2D eigenvalue weighted by molar-refractivity contribution is 7.93. The molecule has 2 N–H and O–H groups in total. The number of aryl methyl sites for hydroxylation is 1. The molecule has 0 fully saturated rings. The molecule has 0 aliphatic carbocycles. The van der Waals surface area contributed by atoms with Gasteiger partial charge in [-0.05, 0) is 25.0 Å². The minimum Gasteiger partial charge on any atom is -0.351 e. The number of carbonyl (C=O) groups is 1. The Balaban J connectivity index is 2.17. The number of hydrogen-bond donors (Lipinski definition) is 2. The number of nitrogens with zero attached hydrogens (tertiary/aromatic N) is 1. The fourth-order valence-electron chi connectivity index (χ4n) is 1.80. The highest BCUT2D eigenvalue weighted by atomic mass is 32.2. The third-order valence-corrected chi connectivity index (χ3v) is 5.50. The number of nitrogens with one attached hydrogen (secondary N) is 2. The van der Waals surface area contributed by atoms with Crippen LogP contribution in [0, 0.1) is 12.8 Å². The van der Waals surface area contributed by atoms with Crippen molar-refractivity contribution in [2.24, 2.45) is 5.92 Å². The molecule has 0 aliphatic rings. The van der Waals surface area contributed by atoms with Crippen molar-refractivity contribution in [1.29, 1.82) is 0 Å². The summed E-state index contributed by atoms with van der Waals surface area (Å²) in [6.07, 6.45) is 0. The second-order valence-electron chi connectivity index (χ2n) is 5.46. The van der Waals surface area contributed by atoms with E-state index in [1.165, 1.54) is 12.1 Å². The van der Waals surface area contributed by atoms with E-state index in [2.05, 4.69) is 15.0 Å². The molecule has 2 rings (SSSR count). The van der Waals surface area contributed by atoms with E-state index in [0.29, 0.717) is 23.0 Å². The molecule has 8 heteroatoms. The van der Waals surface area contributed by atoms with Crippen LogP contribution in [0.1, 0.15) is 29.2 Å². The Morgan fingerprint density at radius 1 is 1.26 bits per heavy atom. The second-order valence-corrected chi connectivity index (χ2v) is 8.14. The Labute approximate surface area is 140 Å². The number of hydrogen-bond acceptors (Lipinski definition) is 5. The summed E-state index contributed by atoms with van der Waals surface area (Å²) in [6, 6.07) is 8.03. The molecule has 0 saturated carbocycles. The van der Waals surface area contributed by atoms with Crippen LogP contribution in [-0.2, 0) is 10.0 Å². The van der Waals surface area contributed by atoms with E-state index < -0.39 is 10.0 Å². The first-order valence-corrected chi connectivity index (χ1v) is 9.43. The molecule has 0 radical (unpaired) electrons. The number of aromatic nitrogens is 1. The fraction of sp³-hybridized carbons (Fsp3) is 0.333. The smallest absolute Gasteiger partial charge is 0.263 e. The number of carbonyl (C=O) groups excluding carboxylic acids is 1. The first kappa shape index (κ1) is 17.4. The van der Waals surface area contributed by atoms with Gasteiger partial charge in [0.25, 0.3) is 15.9 Å². The molecule has 1 heterocycles. The predicted molar refractivity (Wildman–Crippen MR) is 91.3 cm³/mol. The van der Waals surface area contributed by atoms with Crippen LogP contribution in [0.25, 0.3) is 0 Å². The van der Waals surface area contributed by atoms with Crippen molar-refractivity contribution in [1.82, 2.24) is 10.3 Å². The normalized spacial score (nSPS) is 11.5. The topological polar surface area (TPSA) is 88.2 Å². The van der Waals surface area contributed by atoms with Crippen molar-refractivity contribution in [2.75, 3.05) is 11.3 Å². The van der Waals surface area contributed by atoms with Gasteiger partial charge in [-0.25, -0.2) is 13.4 Å². The van der Waals surface area contributed by atoms with Gasteiger partial charge in [0.15, 0.2) is 5.13 Å². The van der Waals surface area contributed by atoms with E-state index in [1.54, 1.807) is 25.1 Å². The van der Waals surface area contributed by atoms with Crippen LogP contribution in [0.15, 0.2) is 35.2 Å². The van der Waals surface area contributed by atoms with Gasteiger partial charge in [0, 0.05) is 6.54 Å². The Morgan fingerprint density at radius 2 is 1.91 bits per heavy atom. The number of thiazole rings is 1. The third-order valence-electron chi connectivity index (χ3n) is 2.95. The summed E-state index contributed by atoms with van der Waals surface area (Å²) < 4.78 is 26.9. The quantitative estimate of drug-likeness (QED) is 0.835. The summed E-state index contributed by atoms with van der Waals surface area (Å²) in [4.78, 5) is 16.8. The maximum absolute atomic E-state index is 12.3. The average molecular weight is 353 g/mol. The molecule has 124 valence electrons. The maximum atomic E-state index is 12.3. The Bertz CT molecular complexity index is 784. The van der Waals surface area contributed by atoms with Crippen molar-refractivity contribution in [3.05, 3.63) is 40.9 Å². The zero-order chi connectivity index (χ0) is 17.0. The molecule has 0 saturated heterocycles. The van der Waals surface area contributed by atoms with E-state index in [-0.39, 0.29) is 15.9 Å². The van der Waals surface area contributed by atoms with Crippen LogP contribution in [0.3, 0.4) is 0 Å². The van der Waals surface area contributed by atoms with Crippen LogP contribution in [0.2, 0.25) is 0 Å². The minimum atomic E-state index is -3.70. The first-order valence-electron chi connectivity index (χ1n) is 7.13. The van der Waals surface area contributed by atoms with E-state index in [1.807, 2.05) is 13.8 Å². The highest BCUT2D eigenvalue weighted by Crippen LogP contribution is 2.25. The summed E-state index contributed by atoms with van der Waals surface area (Å²) in [5.74, 6) is 0.0992. The number of anilines is 1. The lowest BCUT2D eigenvalue weighted by atomic mass is 10.2. The van der Waals surface area contributed by atoms with Gasteiger partial charge in [-0.15, -0.1) is 0 Å². The fourth-order valence-corrected chi connectivity index (χ4v) is 3.94. The lowest BCUT2D eigenvalue weighted by Crippen LogP contribution is -2.27. The van der Waals surface area contributed by atoms with E-state index in [4.69, 9.17) is 0 Å². The summed E-state index contributed by atoms with van der Waals surface area (Å²) in [5.41, 5.74) is 0.502. The second kappa shape index (κ2) is 7.10. The van der Waals surface area contributed by atoms with Crippen molar-refractivity contribution in [3.63, 3.8) is 0 Å². The maximum Gasteiger partial charge on any atom is 0.263 e. The summed E-state index contributed by atoms with van der Waals surface area (Å²) in [6.45, 7) is 6.24. The van der Waals surface area contributed by atoms with Crippen LogP contribution < -0.4 is 10.0 Å². The number of benzene rings is 1.